The minimum Gasteiger partial charge on any atom is -0.318 e. The molecule has 0 atom stereocenters. The van der Waals surface area contributed by atoms with E-state index in [0.29, 0.717) is 12.2 Å². The molecule has 0 fully saturated rings. The van der Waals surface area contributed by atoms with Crippen LogP contribution in [0.2, 0.25) is 0 Å². The van der Waals surface area contributed by atoms with Crippen molar-refractivity contribution in [3.63, 3.8) is 0 Å². The average Bonchev–Trinajstić information content (AvgIpc) is 2.91. The Kier molecular flexibility index (Phi) is 4.64. The Balaban J connectivity index is 2.22. The fourth-order valence-electron chi connectivity index (χ4n) is 1.90. The number of anilines is 1. The maximum atomic E-state index is 12.4. The molecular weight excluding hydrogens is 288 g/mol. The lowest BCUT2D eigenvalue weighted by molar-refractivity contribution is 0.582. The minimum absolute atomic E-state index is 0.166. The van der Waals surface area contributed by atoms with Gasteiger partial charge in [0.05, 0.1) is 18.4 Å². The summed E-state index contributed by atoms with van der Waals surface area (Å²) in [6.45, 7) is 5.19. The van der Waals surface area contributed by atoms with Gasteiger partial charge in [-0.3, -0.25) is 9.40 Å². The summed E-state index contributed by atoms with van der Waals surface area (Å²) in [5.41, 5.74) is 2.56. The molecule has 0 bridgehead atoms. The third-order valence-corrected chi connectivity index (χ3v) is 4.68. The van der Waals surface area contributed by atoms with Crippen LogP contribution in [0, 0.1) is 13.8 Å². The molecule has 0 aliphatic rings. The number of benzene rings is 1. The summed E-state index contributed by atoms with van der Waals surface area (Å²) in [7, 11) is -1.77. The molecule has 21 heavy (non-hydrogen) atoms. The monoisotopic (exact) mass is 308 g/mol. The number of rotatable bonds is 6. The molecule has 114 valence electrons. The molecule has 2 rings (SSSR count). The molecule has 6 nitrogen and oxygen atoms in total. The van der Waals surface area contributed by atoms with Crippen molar-refractivity contribution in [3.8, 4) is 0 Å². The SMILES string of the molecule is CNCCn1cc(S(=O)(=O)Nc2cccc(C)c2C)cn1. The first-order chi connectivity index (χ1) is 9.94. The van der Waals surface area contributed by atoms with Gasteiger partial charge >= 0.3 is 0 Å². The molecule has 1 aromatic heterocycles. The molecule has 0 aliphatic heterocycles. The number of nitrogens with zero attached hydrogens (tertiary/aromatic N) is 2. The van der Waals surface area contributed by atoms with Crippen LogP contribution in [0.15, 0.2) is 35.5 Å². The Hall–Kier alpha value is -1.86. The molecular formula is C14H20N4O2S. The number of likely N-dealkylation sites (N-methyl/N-ethyl adjacent to an activating group) is 1. The van der Waals surface area contributed by atoms with Gasteiger partial charge in [0.1, 0.15) is 4.90 Å². The van der Waals surface area contributed by atoms with Crippen LogP contribution in [0.4, 0.5) is 5.69 Å². The van der Waals surface area contributed by atoms with E-state index in [2.05, 4.69) is 15.1 Å². The van der Waals surface area contributed by atoms with Gasteiger partial charge < -0.3 is 5.32 Å². The van der Waals surface area contributed by atoms with Crippen molar-refractivity contribution in [3.05, 3.63) is 41.7 Å². The highest BCUT2D eigenvalue weighted by Gasteiger charge is 2.17. The molecule has 1 aromatic carbocycles. The highest BCUT2D eigenvalue weighted by Crippen LogP contribution is 2.21. The van der Waals surface area contributed by atoms with Gasteiger partial charge in [0.25, 0.3) is 10.0 Å². The number of nitrogens with one attached hydrogen (secondary N) is 2. The lowest BCUT2D eigenvalue weighted by Gasteiger charge is -2.10. The molecule has 0 radical (unpaired) electrons. The standard InChI is InChI=1S/C14H20N4O2S/c1-11-5-4-6-14(12(11)2)17-21(19,20)13-9-16-18(10-13)8-7-15-3/h4-6,9-10,15,17H,7-8H2,1-3H3. The van der Waals surface area contributed by atoms with Gasteiger partial charge in [0.15, 0.2) is 0 Å². The summed E-state index contributed by atoms with van der Waals surface area (Å²) in [6, 6.07) is 5.53. The van der Waals surface area contributed by atoms with Crippen molar-refractivity contribution in [1.82, 2.24) is 15.1 Å². The number of aromatic nitrogens is 2. The maximum Gasteiger partial charge on any atom is 0.265 e. The van der Waals surface area contributed by atoms with E-state index in [1.807, 2.05) is 33.0 Å². The first kappa shape index (κ1) is 15.5. The van der Waals surface area contributed by atoms with Gasteiger partial charge in [-0.2, -0.15) is 5.10 Å². The normalized spacial score (nSPS) is 11.6. The molecule has 0 amide bonds. The van der Waals surface area contributed by atoms with E-state index < -0.39 is 10.0 Å². The van der Waals surface area contributed by atoms with E-state index in [1.165, 1.54) is 12.4 Å². The molecule has 0 spiro atoms. The van der Waals surface area contributed by atoms with Gasteiger partial charge in [-0.15, -0.1) is 0 Å². The van der Waals surface area contributed by atoms with Crippen LogP contribution in [-0.2, 0) is 16.6 Å². The van der Waals surface area contributed by atoms with E-state index in [1.54, 1.807) is 10.7 Å². The van der Waals surface area contributed by atoms with Gasteiger partial charge in [0.2, 0.25) is 0 Å². The van der Waals surface area contributed by atoms with Crippen molar-refractivity contribution in [2.75, 3.05) is 18.3 Å². The predicted molar refractivity (Wildman–Crippen MR) is 82.9 cm³/mol. The van der Waals surface area contributed by atoms with Crippen molar-refractivity contribution in [2.24, 2.45) is 0 Å². The second-order valence-corrected chi connectivity index (χ2v) is 6.58. The Morgan fingerprint density at radius 3 is 2.76 bits per heavy atom. The van der Waals surface area contributed by atoms with Crippen molar-refractivity contribution >= 4 is 15.7 Å². The molecule has 7 heteroatoms. The van der Waals surface area contributed by atoms with Gasteiger partial charge in [-0.05, 0) is 38.1 Å². The highest BCUT2D eigenvalue weighted by molar-refractivity contribution is 7.92. The molecule has 2 N–H and O–H groups in total. The maximum absolute atomic E-state index is 12.4. The molecule has 0 saturated heterocycles. The predicted octanol–water partition coefficient (Wildman–Crippen LogP) is 1.52. The quantitative estimate of drug-likeness (QED) is 0.848. The Morgan fingerprint density at radius 1 is 1.29 bits per heavy atom. The topological polar surface area (TPSA) is 76.0 Å². The molecule has 0 saturated carbocycles. The van der Waals surface area contributed by atoms with Crippen molar-refractivity contribution < 1.29 is 8.42 Å². The third kappa shape index (κ3) is 3.62. The van der Waals surface area contributed by atoms with Crippen LogP contribution in [0.1, 0.15) is 11.1 Å². The zero-order chi connectivity index (χ0) is 15.5. The Labute approximate surface area is 125 Å². The largest absolute Gasteiger partial charge is 0.318 e. The minimum atomic E-state index is -3.61. The van der Waals surface area contributed by atoms with Gasteiger partial charge in [-0.1, -0.05) is 12.1 Å². The smallest absolute Gasteiger partial charge is 0.265 e. The van der Waals surface area contributed by atoms with Gasteiger partial charge in [0, 0.05) is 12.7 Å². The van der Waals surface area contributed by atoms with Crippen LogP contribution in [0.5, 0.6) is 0 Å². The van der Waals surface area contributed by atoms with Crippen LogP contribution >= 0.6 is 0 Å². The number of sulfonamides is 1. The van der Waals surface area contributed by atoms with E-state index in [9.17, 15) is 8.42 Å². The lowest BCUT2D eigenvalue weighted by atomic mass is 10.1. The van der Waals surface area contributed by atoms with E-state index in [-0.39, 0.29) is 4.90 Å². The van der Waals surface area contributed by atoms with E-state index >= 15 is 0 Å². The first-order valence-electron chi connectivity index (χ1n) is 6.70. The molecule has 0 unspecified atom stereocenters. The second kappa shape index (κ2) is 6.28. The fraction of sp³-hybridized carbons (Fsp3) is 0.357. The van der Waals surface area contributed by atoms with Crippen molar-refractivity contribution in [1.29, 1.82) is 0 Å². The van der Waals surface area contributed by atoms with Crippen LogP contribution in [-0.4, -0.2) is 31.8 Å². The summed E-state index contributed by atoms with van der Waals surface area (Å²) in [4.78, 5) is 0.166. The fourth-order valence-corrected chi connectivity index (χ4v) is 2.97. The summed E-state index contributed by atoms with van der Waals surface area (Å²) in [5, 5.41) is 7.05. The molecule has 1 heterocycles. The summed E-state index contributed by atoms with van der Waals surface area (Å²) < 4.78 is 29.0. The lowest BCUT2D eigenvalue weighted by Crippen LogP contribution is -2.15. The first-order valence-corrected chi connectivity index (χ1v) is 8.18. The summed E-state index contributed by atoms with van der Waals surface area (Å²) >= 11 is 0. The van der Waals surface area contributed by atoms with E-state index in [4.69, 9.17) is 0 Å². The number of hydrogen-bond acceptors (Lipinski definition) is 4. The van der Waals surface area contributed by atoms with E-state index in [0.717, 1.165) is 17.7 Å². The third-order valence-electron chi connectivity index (χ3n) is 3.36. The highest BCUT2D eigenvalue weighted by atomic mass is 32.2. The molecule has 0 aliphatic carbocycles. The number of hydrogen-bond donors (Lipinski definition) is 2. The van der Waals surface area contributed by atoms with Crippen LogP contribution in [0.25, 0.3) is 0 Å². The van der Waals surface area contributed by atoms with Crippen LogP contribution in [0.3, 0.4) is 0 Å². The Bertz CT molecular complexity index is 722. The second-order valence-electron chi connectivity index (χ2n) is 4.90. The zero-order valence-corrected chi connectivity index (χ0v) is 13.2. The summed E-state index contributed by atoms with van der Waals surface area (Å²) in [5.74, 6) is 0. The average molecular weight is 308 g/mol. The summed E-state index contributed by atoms with van der Waals surface area (Å²) in [6.07, 6.45) is 2.90. The van der Waals surface area contributed by atoms with Gasteiger partial charge in [-0.25, -0.2) is 8.42 Å². The molecule has 2 aromatic rings. The Morgan fingerprint density at radius 2 is 2.05 bits per heavy atom. The zero-order valence-electron chi connectivity index (χ0n) is 12.4. The van der Waals surface area contributed by atoms with Crippen LogP contribution < -0.4 is 10.0 Å². The van der Waals surface area contributed by atoms with Crippen molar-refractivity contribution in [2.45, 2.75) is 25.3 Å². The number of aryl methyl sites for hydroxylation is 1.